The Kier molecular flexibility index (Phi) is 6.08. The van der Waals surface area contributed by atoms with Crippen molar-refractivity contribution in [3.63, 3.8) is 0 Å². The van der Waals surface area contributed by atoms with Crippen molar-refractivity contribution in [3.05, 3.63) is 36.2 Å². The number of rotatable bonds is 5. The average Bonchev–Trinajstić information content (AvgIpc) is 3.05. The van der Waals surface area contributed by atoms with Crippen LogP contribution in [0.15, 0.2) is 24.8 Å². The van der Waals surface area contributed by atoms with E-state index in [9.17, 15) is 4.79 Å². The van der Waals surface area contributed by atoms with E-state index in [4.69, 9.17) is 0 Å². The summed E-state index contributed by atoms with van der Waals surface area (Å²) in [5.41, 5.74) is 1.14. The molecule has 0 aromatic carbocycles. The molecular weight excluding hydrogens is 340 g/mol. The van der Waals surface area contributed by atoms with Gasteiger partial charge in [-0.3, -0.25) is 4.79 Å². The van der Waals surface area contributed by atoms with E-state index < -0.39 is 0 Å². The van der Waals surface area contributed by atoms with E-state index in [1.807, 2.05) is 35.0 Å². The number of nitrogens with zero attached hydrogens (tertiary/aromatic N) is 6. The van der Waals surface area contributed by atoms with Crippen LogP contribution in [0.2, 0.25) is 0 Å². The second-order valence-corrected chi connectivity index (χ2v) is 7.43. The molecule has 0 aliphatic carbocycles. The second kappa shape index (κ2) is 8.50. The third-order valence-corrected chi connectivity index (χ3v) is 5.18. The van der Waals surface area contributed by atoms with Crippen molar-refractivity contribution in [2.75, 3.05) is 31.1 Å². The van der Waals surface area contributed by atoms with Crippen molar-refractivity contribution < 1.29 is 4.79 Å². The lowest BCUT2D eigenvalue weighted by molar-refractivity contribution is -0.134. The first-order chi connectivity index (χ1) is 13.0. The first-order valence-corrected chi connectivity index (χ1v) is 9.88. The molecule has 1 aliphatic rings. The normalized spacial score (nSPS) is 16.5. The molecule has 1 unspecified atom stereocenters. The van der Waals surface area contributed by atoms with Crippen molar-refractivity contribution in [2.45, 2.75) is 52.5 Å². The molecular formula is C20H30N6O. The van der Waals surface area contributed by atoms with Crippen molar-refractivity contribution in [1.82, 2.24) is 24.4 Å². The maximum absolute atomic E-state index is 13.1. The molecule has 7 nitrogen and oxygen atoms in total. The molecule has 3 heterocycles. The van der Waals surface area contributed by atoms with Gasteiger partial charge in [-0.25, -0.2) is 15.0 Å². The summed E-state index contributed by atoms with van der Waals surface area (Å²) in [6.45, 7) is 11.3. The Labute approximate surface area is 161 Å². The number of aromatic nitrogens is 4. The van der Waals surface area contributed by atoms with Gasteiger partial charge in [0.1, 0.15) is 11.9 Å². The molecule has 0 saturated carbocycles. The zero-order valence-electron chi connectivity index (χ0n) is 16.8. The maximum atomic E-state index is 13.1. The smallest absolute Gasteiger partial charge is 0.245 e. The highest BCUT2D eigenvalue weighted by Crippen LogP contribution is 2.20. The first kappa shape index (κ1) is 19.3. The SMILES string of the molecule is CCc1cnc(N2CCCN(C(=O)C(C)n3ccnc3C(C)C)CC2)nc1. The Morgan fingerprint density at radius 1 is 1.07 bits per heavy atom. The van der Waals surface area contributed by atoms with Crippen LogP contribution in [0, 0.1) is 0 Å². The lowest BCUT2D eigenvalue weighted by Crippen LogP contribution is -2.39. The molecule has 2 aromatic heterocycles. The van der Waals surface area contributed by atoms with Gasteiger partial charge in [0.05, 0.1) is 0 Å². The fourth-order valence-corrected chi connectivity index (χ4v) is 3.51. The van der Waals surface area contributed by atoms with Gasteiger partial charge in [-0.2, -0.15) is 0 Å². The Bertz CT molecular complexity index is 754. The highest BCUT2D eigenvalue weighted by atomic mass is 16.2. The molecule has 0 spiro atoms. The summed E-state index contributed by atoms with van der Waals surface area (Å²) < 4.78 is 2.00. The number of aryl methyl sites for hydroxylation is 1. The summed E-state index contributed by atoms with van der Waals surface area (Å²) in [4.78, 5) is 30.6. The van der Waals surface area contributed by atoms with Gasteiger partial charge in [0.15, 0.2) is 0 Å². The molecule has 27 heavy (non-hydrogen) atoms. The topological polar surface area (TPSA) is 67.2 Å². The van der Waals surface area contributed by atoms with Crippen LogP contribution in [0.4, 0.5) is 5.95 Å². The number of carbonyl (C=O) groups is 1. The molecule has 146 valence electrons. The lowest BCUT2D eigenvalue weighted by atomic mass is 10.2. The quantitative estimate of drug-likeness (QED) is 0.809. The van der Waals surface area contributed by atoms with E-state index in [2.05, 4.69) is 40.6 Å². The Balaban J connectivity index is 1.66. The third kappa shape index (κ3) is 4.28. The van der Waals surface area contributed by atoms with Crippen LogP contribution in [-0.2, 0) is 11.2 Å². The predicted octanol–water partition coefficient (Wildman–Crippen LogP) is 2.66. The lowest BCUT2D eigenvalue weighted by Gasteiger charge is -2.26. The van der Waals surface area contributed by atoms with Gasteiger partial charge >= 0.3 is 0 Å². The molecule has 1 amide bonds. The zero-order valence-corrected chi connectivity index (χ0v) is 16.8. The van der Waals surface area contributed by atoms with Crippen LogP contribution in [0.5, 0.6) is 0 Å². The molecule has 1 aliphatic heterocycles. The van der Waals surface area contributed by atoms with E-state index in [0.29, 0.717) is 6.54 Å². The first-order valence-electron chi connectivity index (χ1n) is 9.88. The van der Waals surface area contributed by atoms with Crippen molar-refractivity contribution in [1.29, 1.82) is 0 Å². The van der Waals surface area contributed by atoms with E-state index in [1.54, 1.807) is 6.20 Å². The summed E-state index contributed by atoms with van der Waals surface area (Å²) in [7, 11) is 0. The van der Waals surface area contributed by atoms with E-state index in [1.165, 1.54) is 0 Å². The van der Waals surface area contributed by atoms with Crippen LogP contribution in [0.1, 0.15) is 57.5 Å². The summed E-state index contributed by atoms with van der Waals surface area (Å²) in [5, 5.41) is 0. The van der Waals surface area contributed by atoms with Gasteiger partial charge in [0, 0.05) is 56.9 Å². The second-order valence-electron chi connectivity index (χ2n) is 7.43. The highest BCUT2D eigenvalue weighted by molar-refractivity contribution is 5.80. The van der Waals surface area contributed by atoms with E-state index in [-0.39, 0.29) is 17.9 Å². The van der Waals surface area contributed by atoms with Gasteiger partial charge in [-0.15, -0.1) is 0 Å². The molecule has 3 rings (SSSR count). The summed E-state index contributed by atoms with van der Waals surface area (Å²) in [6, 6.07) is -0.239. The van der Waals surface area contributed by atoms with E-state index in [0.717, 1.165) is 49.8 Å². The van der Waals surface area contributed by atoms with Crippen LogP contribution in [0.25, 0.3) is 0 Å². The highest BCUT2D eigenvalue weighted by Gasteiger charge is 2.26. The van der Waals surface area contributed by atoms with Gasteiger partial charge in [0.2, 0.25) is 11.9 Å². The Hall–Kier alpha value is -2.44. The molecule has 2 aromatic rings. The molecule has 0 radical (unpaired) electrons. The summed E-state index contributed by atoms with van der Waals surface area (Å²) >= 11 is 0. The average molecular weight is 371 g/mol. The molecule has 1 saturated heterocycles. The maximum Gasteiger partial charge on any atom is 0.245 e. The van der Waals surface area contributed by atoms with Crippen LogP contribution in [-0.4, -0.2) is 56.5 Å². The standard InChI is InChI=1S/C20H30N6O/c1-5-17-13-22-20(23-14-17)25-9-6-8-24(11-12-25)19(27)16(4)26-10-7-21-18(26)15(2)3/h7,10,13-16H,5-6,8-9,11-12H2,1-4H3. The van der Waals surface area contributed by atoms with Crippen molar-refractivity contribution >= 4 is 11.9 Å². The van der Waals surface area contributed by atoms with Crippen LogP contribution < -0.4 is 4.90 Å². The molecule has 1 atom stereocenters. The molecule has 0 bridgehead atoms. The summed E-state index contributed by atoms with van der Waals surface area (Å²) in [6.07, 6.45) is 9.33. The van der Waals surface area contributed by atoms with Crippen molar-refractivity contribution in [3.8, 4) is 0 Å². The number of amides is 1. The minimum Gasteiger partial charge on any atom is -0.339 e. The fourth-order valence-electron chi connectivity index (χ4n) is 3.51. The van der Waals surface area contributed by atoms with E-state index >= 15 is 0 Å². The number of anilines is 1. The number of imidazole rings is 1. The fraction of sp³-hybridized carbons (Fsp3) is 0.600. The van der Waals surface area contributed by atoms with Crippen LogP contribution in [0.3, 0.4) is 0 Å². The predicted molar refractivity (Wildman–Crippen MR) is 106 cm³/mol. The number of hydrogen-bond donors (Lipinski definition) is 0. The molecule has 1 fully saturated rings. The zero-order chi connectivity index (χ0) is 19.4. The molecule has 7 heteroatoms. The summed E-state index contributed by atoms with van der Waals surface area (Å²) in [5.74, 6) is 2.15. The number of hydrogen-bond acceptors (Lipinski definition) is 5. The minimum absolute atomic E-state index is 0.152. The Morgan fingerprint density at radius 2 is 1.81 bits per heavy atom. The Morgan fingerprint density at radius 3 is 2.48 bits per heavy atom. The monoisotopic (exact) mass is 370 g/mol. The number of carbonyl (C=O) groups excluding carboxylic acids is 1. The minimum atomic E-state index is -0.239. The van der Waals surface area contributed by atoms with Gasteiger partial charge in [-0.1, -0.05) is 20.8 Å². The van der Waals surface area contributed by atoms with Gasteiger partial charge in [0.25, 0.3) is 0 Å². The van der Waals surface area contributed by atoms with Gasteiger partial charge in [-0.05, 0) is 25.3 Å². The van der Waals surface area contributed by atoms with Crippen molar-refractivity contribution in [2.24, 2.45) is 0 Å². The van der Waals surface area contributed by atoms with Gasteiger partial charge < -0.3 is 14.4 Å². The molecule has 0 N–H and O–H groups in total. The third-order valence-electron chi connectivity index (χ3n) is 5.18. The largest absolute Gasteiger partial charge is 0.339 e. The van der Waals surface area contributed by atoms with Crippen LogP contribution >= 0.6 is 0 Å².